The topological polar surface area (TPSA) is 95.2 Å². The normalized spacial score (nSPS) is 15.8. The van der Waals surface area contributed by atoms with Gasteiger partial charge in [0.2, 0.25) is 11.9 Å². The van der Waals surface area contributed by atoms with Crippen molar-refractivity contribution < 1.29 is 9.22 Å². The molecule has 1 aromatic carbocycles. The van der Waals surface area contributed by atoms with Gasteiger partial charge in [-0.05, 0) is 31.4 Å². The van der Waals surface area contributed by atoms with Crippen LogP contribution in [0.15, 0.2) is 24.3 Å². The zero-order valence-electron chi connectivity index (χ0n) is 17.4. The van der Waals surface area contributed by atoms with E-state index in [1.54, 1.807) is 4.68 Å². The number of aryl methyl sites for hydroxylation is 1. The van der Waals surface area contributed by atoms with Crippen LogP contribution in [0.4, 0.5) is 11.9 Å². The van der Waals surface area contributed by atoms with E-state index in [0.717, 1.165) is 31.8 Å². The number of thiocarbonyl (C=S) groups is 1. The molecule has 4 N–H and O–H groups in total. The summed E-state index contributed by atoms with van der Waals surface area (Å²) in [4.78, 5) is 6.06. The Morgan fingerprint density at radius 1 is 1.28 bits per heavy atom. The second kappa shape index (κ2) is 9.41. The molecule has 0 unspecified atom stereocenters. The lowest BCUT2D eigenvalue weighted by molar-refractivity contribution is -0.859. The van der Waals surface area contributed by atoms with Crippen LogP contribution in [0.3, 0.4) is 0 Å². The fraction of sp³-hybridized carbons (Fsp3) is 0.550. The van der Waals surface area contributed by atoms with Gasteiger partial charge >= 0.3 is 0 Å². The highest BCUT2D eigenvalue weighted by Crippen LogP contribution is 2.24. The number of nitrogens with two attached hydrogens (primary N) is 2. The van der Waals surface area contributed by atoms with Crippen LogP contribution in [0.5, 0.6) is 5.75 Å². The van der Waals surface area contributed by atoms with Gasteiger partial charge in [-0.3, -0.25) is 4.48 Å². The van der Waals surface area contributed by atoms with Crippen molar-refractivity contribution in [3.63, 3.8) is 0 Å². The Morgan fingerprint density at radius 3 is 2.69 bits per heavy atom. The van der Waals surface area contributed by atoms with Gasteiger partial charge in [0.1, 0.15) is 12.3 Å². The number of nitrogen functional groups attached to an aromatic ring is 1. The summed E-state index contributed by atoms with van der Waals surface area (Å²) in [5, 5.41) is 4.98. The lowest BCUT2D eigenvalue weighted by atomic mass is 10.1. The predicted molar refractivity (Wildman–Crippen MR) is 120 cm³/mol. The molecule has 0 radical (unpaired) electrons. The number of benzene rings is 1. The molecular weight excluding hydrogens is 386 g/mol. The van der Waals surface area contributed by atoms with Gasteiger partial charge in [0.15, 0.2) is 0 Å². The van der Waals surface area contributed by atoms with Crippen molar-refractivity contribution in [2.75, 3.05) is 44.4 Å². The highest BCUT2D eigenvalue weighted by atomic mass is 32.1. The molecule has 8 nitrogen and oxygen atoms in total. The lowest BCUT2D eigenvalue weighted by Crippen LogP contribution is -2.57. The summed E-state index contributed by atoms with van der Waals surface area (Å²) in [5.74, 6) is 1.90. The predicted octanol–water partition coefficient (Wildman–Crippen LogP) is 2.14. The SMILES string of the molecule is CN(C)c1nc(N)n(CCCOc2cccc(C[N+]3(C(N)=S)CCCCC3)c2)n1. The van der Waals surface area contributed by atoms with E-state index in [2.05, 4.69) is 22.2 Å². The molecule has 2 heterocycles. The largest absolute Gasteiger partial charge is 0.494 e. The number of ether oxygens (including phenoxy) is 1. The molecular formula is C20H32N7OS+. The summed E-state index contributed by atoms with van der Waals surface area (Å²) in [6.07, 6.45) is 4.40. The summed E-state index contributed by atoms with van der Waals surface area (Å²) in [5.41, 5.74) is 13.2. The molecule has 0 aliphatic carbocycles. The van der Waals surface area contributed by atoms with Crippen LogP contribution < -0.4 is 21.1 Å². The summed E-state index contributed by atoms with van der Waals surface area (Å²) in [7, 11) is 3.78. The van der Waals surface area contributed by atoms with Crippen LogP contribution in [0.1, 0.15) is 31.2 Å². The highest BCUT2D eigenvalue weighted by molar-refractivity contribution is 7.79. The number of aromatic nitrogens is 3. The second-order valence-electron chi connectivity index (χ2n) is 7.89. The first-order valence-electron chi connectivity index (χ1n) is 10.2. The number of piperidine rings is 1. The molecule has 0 bridgehead atoms. The molecule has 0 amide bonds. The Kier molecular flexibility index (Phi) is 6.92. The Balaban J connectivity index is 1.54. The molecule has 0 atom stereocenters. The van der Waals surface area contributed by atoms with Gasteiger partial charge in [-0.1, -0.05) is 12.1 Å². The first kappa shape index (κ1) is 21.3. The Hall–Kier alpha value is -2.39. The number of rotatable bonds is 8. The number of anilines is 2. The van der Waals surface area contributed by atoms with Crippen LogP contribution in [0, 0.1) is 0 Å². The average molecular weight is 419 g/mol. The maximum Gasteiger partial charge on any atom is 0.267 e. The van der Waals surface area contributed by atoms with Gasteiger partial charge in [0, 0.05) is 44.8 Å². The maximum atomic E-state index is 6.12. The number of hydrogen-bond donors (Lipinski definition) is 2. The Morgan fingerprint density at radius 2 is 2.03 bits per heavy atom. The molecule has 0 saturated carbocycles. The maximum absolute atomic E-state index is 6.12. The van der Waals surface area contributed by atoms with E-state index in [9.17, 15) is 0 Å². The molecule has 1 fully saturated rings. The third kappa shape index (κ3) is 5.36. The van der Waals surface area contributed by atoms with E-state index in [1.807, 2.05) is 31.1 Å². The summed E-state index contributed by atoms with van der Waals surface area (Å²) >= 11 is 5.41. The third-order valence-corrected chi connectivity index (χ3v) is 5.78. The van der Waals surface area contributed by atoms with E-state index in [-0.39, 0.29) is 0 Å². The monoisotopic (exact) mass is 418 g/mol. The van der Waals surface area contributed by atoms with Gasteiger partial charge in [0.25, 0.3) is 5.11 Å². The van der Waals surface area contributed by atoms with E-state index < -0.39 is 0 Å². The molecule has 158 valence electrons. The number of quaternary nitrogens is 1. The molecule has 2 aromatic rings. The van der Waals surface area contributed by atoms with Crippen molar-refractivity contribution >= 4 is 29.2 Å². The molecule has 0 spiro atoms. The Labute approximate surface area is 178 Å². The molecule has 1 aliphatic heterocycles. The van der Waals surface area contributed by atoms with Crippen LogP contribution in [0.25, 0.3) is 0 Å². The summed E-state index contributed by atoms with van der Waals surface area (Å²) < 4.78 is 8.38. The molecule has 29 heavy (non-hydrogen) atoms. The number of hydrogen-bond acceptors (Lipinski definition) is 6. The van der Waals surface area contributed by atoms with Gasteiger partial charge < -0.3 is 21.1 Å². The minimum atomic E-state index is 0.420. The van der Waals surface area contributed by atoms with Crippen molar-refractivity contribution in [2.45, 2.75) is 38.8 Å². The average Bonchev–Trinajstić information content (AvgIpc) is 3.07. The van der Waals surface area contributed by atoms with Crippen molar-refractivity contribution in [1.29, 1.82) is 0 Å². The fourth-order valence-corrected chi connectivity index (χ4v) is 4.00. The van der Waals surface area contributed by atoms with E-state index in [1.165, 1.54) is 24.8 Å². The number of nitrogens with zero attached hydrogens (tertiary/aromatic N) is 5. The van der Waals surface area contributed by atoms with Gasteiger partial charge in [0.05, 0.1) is 19.7 Å². The zero-order chi connectivity index (χ0) is 20.9. The summed E-state index contributed by atoms with van der Waals surface area (Å²) in [6.45, 7) is 4.11. The first-order chi connectivity index (χ1) is 13.9. The lowest BCUT2D eigenvalue weighted by Gasteiger charge is -2.39. The van der Waals surface area contributed by atoms with Crippen molar-refractivity contribution in [2.24, 2.45) is 5.73 Å². The fourth-order valence-electron chi connectivity index (χ4n) is 3.76. The molecule has 1 saturated heterocycles. The quantitative estimate of drug-likeness (QED) is 0.385. The van der Waals surface area contributed by atoms with Crippen molar-refractivity contribution in [1.82, 2.24) is 14.8 Å². The zero-order valence-corrected chi connectivity index (χ0v) is 18.2. The minimum absolute atomic E-state index is 0.420. The first-order valence-corrected chi connectivity index (χ1v) is 10.6. The van der Waals surface area contributed by atoms with E-state index >= 15 is 0 Å². The van der Waals surface area contributed by atoms with Crippen LogP contribution in [0.2, 0.25) is 0 Å². The molecule has 1 aliphatic rings. The van der Waals surface area contributed by atoms with Crippen LogP contribution in [-0.4, -0.2) is 58.2 Å². The molecule has 1 aromatic heterocycles. The van der Waals surface area contributed by atoms with Crippen LogP contribution >= 0.6 is 12.2 Å². The highest BCUT2D eigenvalue weighted by Gasteiger charge is 2.33. The minimum Gasteiger partial charge on any atom is -0.494 e. The third-order valence-electron chi connectivity index (χ3n) is 5.40. The van der Waals surface area contributed by atoms with E-state index in [0.29, 0.717) is 34.6 Å². The second-order valence-corrected chi connectivity index (χ2v) is 8.30. The molecule has 3 rings (SSSR count). The smallest absolute Gasteiger partial charge is 0.267 e. The van der Waals surface area contributed by atoms with Gasteiger partial charge in [-0.15, -0.1) is 5.10 Å². The van der Waals surface area contributed by atoms with Gasteiger partial charge in [-0.2, -0.15) is 4.98 Å². The summed E-state index contributed by atoms with van der Waals surface area (Å²) in [6, 6.07) is 8.24. The van der Waals surface area contributed by atoms with Crippen LogP contribution in [-0.2, 0) is 13.1 Å². The molecule has 9 heteroatoms. The van der Waals surface area contributed by atoms with E-state index in [4.69, 9.17) is 28.4 Å². The number of likely N-dealkylation sites (tertiary alicyclic amines) is 1. The van der Waals surface area contributed by atoms with Gasteiger partial charge in [-0.25, -0.2) is 4.68 Å². The van der Waals surface area contributed by atoms with Crippen molar-refractivity contribution in [3.05, 3.63) is 29.8 Å². The standard InChI is InChI=1S/C20H31N7OS/c1-25(2)20-23-18(21)26(24-20)10-7-13-28-17-9-6-8-16(14-17)15-27(19(22)29)11-4-3-5-12-27/h6,8-9,14H,3-5,7,10-13,15H2,1-2H3,(H3-,21,22,23,24,29)/p+1. The van der Waals surface area contributed by atoms with Crippen molar-refractivity contribution in [3.8, 4) is 5.75 Å². The Bertz CT molecular complexity index is 830.